The first kappa shape index (κ1) is 10.3. The van der Waals surface area contributed by atoms with E-state index in [4.69, 9.17) is 0 Å². The molecule has 1 fully saturated rings. The summed E-state index contributed by atoms with van der Waals surface area (Å²) in [6.07, 6.45) is 5.62. The molecule has 0 aliphatic heterocycles. The molecule has 0 saturated heterocycles. The number of hydrogen-bond acceptors (Lipinski definition) is 2. The lowest BCUT2D eigenvalue weighted by Crippen LogP contribution is -2.14. The Bertz CT molecular complexity index is 334. The fourth-order valence-corrected chi connectivity index (χ4v) is 2.33. The van der Waals surface area contributed by atoms with Crippen molar-refractivity contribution in [1.82, 2.24) is 4.98 Å². The second kappa shape index (κ2) is 4.56. The van der Waals surface area contributed by atoms with E-state index in [1.807, 2.05) is 18.2 Å². The van der Waals surface area contributed by atoms with Crippen molar-refractivity contribution in [3.8, 4) is 0 Å². The van der Waals surface area contributed by atoms with E-state index in [-0.39, 0.29) is 0 Å². The smallest absolute Gasteiger partial charge is 0.141 e. The summed E-state index contributed by atoms with van der Waals surface area (Å²) in [7, 11) is 0. The molecule has 1 aromatic heterocycles. The predicted octanol–water partition coefficient (Wildman–Crippen LogP) is 2.63. The van der Waals surface area contributed by atoms with Gasteiger partial charge in [0.15, 0.2) is 0 Å². The van der Waals surface area contributed by atoms with E-state index in [2.05, 4.69) is 11.9 Å². The Balaban J connectivity index is 1.93. The average molecular weight is 203 g/mol. The van der Waals surface area contributed by atoms with Crippen molar-refractivity contribution in [2.75, 3.05) is 0 Å². The number of Topliss-reactive ketones (excluding diaryl/α,β-unsaturated/α-hetero) is 1. The Morgan fingerprint density at radius 1 is 1.47 bits per heavy atom. The maximum absolute atomic E-state index is 11.9. The first-order chi connectivity index (χ1) is 7.25. The van der Waals surface area contributed by atoms with Gasteiger partial charge in [-0.25, -0.2) is 0 Å². The molecule has 80 valence electrons. The third-order valence-electron chi connectivity index (χ3n) is 3.23. The summed E-state index contributed by atoms with van der Waals surface area (Å²) >= 11 is 0. The quantitative estimate of drug-likeness (QED) is 0.756. The molecule has 0 N–H and O–H groups in total. The van der Waals surface area contributed by atoms with Crippen LogP contribution in [0.3, 0.4) is 0 Å². The summed E-state index contributed by atoms with van der Waals surface area (Å²) in [6.45, 7) is 2.23. The number of carbonyl (C=O) groups is 1. The fraction of sp³-hybridized carbons (Fsp3) is 0.538. The number of pyridine rings is 1. The van der Waals surface area contributed by atoms with Crippen LogP contribution in [-0.2, 0) is 11.2 Å². The second-order valence-corrected chi connectivity index (χ2v) is 4.58. The molecule has 0 aromatic carbocycles. The summed E-state index contributed by atoms with van der Waals surface area (Å²) < 4.78 is 0. The third-order valence-corrected chi connectivity index (χ3v) is 3.23. The van der Waals surface area contributed by atoms with Crippen LogP contribution < -0.4 is 0 Å². The van der Waals surface area contributed by atoms with Crippen molar-refractivity contribution in [2.24, 2.45) is 11.8 Å². The predicted molar refractivity (Wildman–Crippen MR) is 59.5 cm³/mol. The topological polar surface area (TPSA) is 30.0 Å². The molecule has 0 amide bonds. The molecule has 0 bridgehead atoms. The minimum atomic E-state index is 0.294. The van der Waals surface area contributed by atoms with Gasteiger partial charge in [-0.05, 0) is 37.3 Å². The normalized spacial score (nSPS) is 25.4. The summed E-state index contributed by atoms with van der Waals surface area (Å²) in [5.41, 5.74) is 0.905. The van der Waals surface area contributed by atoms with Gasteiger partial charge in [0.25, 0.3) is 0 Å². The molecule has 15 heavy (non-hydrogen) atoms. The Kier molecular flexibility index (Phi) is 3.14. The maximum atomic E-state index is 11.9. The van der Waals surface area contributed by atoms with Gasteiger partial charge in [-0.1, -0.05) is 13.0 Å². The van der Waals surface area contributed by atoms with Crippen molar-refractivity contribution in [3.05, 3.63) is 30.1 Å². The Labute approximate surface area is 90.7 Å². The van der Waals surface area contributed by atoms with Crippen LogP contribution in [0.1, 0.15) is 31.9 Å². The summed E-state index contributed by atoms with van der Waals surface area (Å²) in [5, 5.41) is 0. The van der Waals surface area contributed by atoms with Gasteiger partial charge < -0.3 is 0 Å². The molecule has 2 atom stereocenters. The SMILES string of the molecule is CC1CCC(C(=O)Cc2ccccn2)C1. The van der Waals surface area contributed by atoms with Gasteiger partial charge >= 0.3 is 0 Å². The molecule has 2 unspecified atom stereocenters. The van der Waals surface area contributed by atoms with Gasteiger partial charge in [0, 0.05) is 24.2 Å². The Morgan fingerprint density at radius 3 is 2.93 bits per heavy atom. The van der Waals surface area contributed by atoms with E-state index in [1.165, 1.54) is 6.42 Å². The first-order valence-corrected chi connectivity index (χ1v) is 5.68. The highest BCUT2D eigenvalue weighted by atomic mass is 16.1. The highest BCUT2D eigenvalue weighted by Gasteiger charge is 2.27. The minimum Gasteiger partial charge on any atom is -0.299 e. The largest absolute Gasteiger partial charge is 0.299 e. The molecule has 2 rings (SSSR count). The molecule has 1 heterocycles. The van der Waals surface area contributed by atoms with Crippen LogP contribution in [0.15, 0.2) is 24.4 Å². The number of rotatable bonds is 3. The molecular formula is C13H17NO. The molecule has 2 heteroatoms. The molecule has 1 aliphatic rings. The lowest BCUT2D eigenvalue weighted by molar-refractivity contribution is -0.122. The Hall–Kier alpha value is -1.18. The van der Waals surface area contributed by atoms with Crippen LogP contribution in [0, 0.1) is 11.8 Å². The van der Waals surface area contributed by atoms with E-state index < -0.39 is 0 Å². The van der Waals surface area contributed by atoms with Crippen LogP contribution in [0.4, 0.5) is 0 Å². The monoisotopic (exact) mass is 203 g/mol. The van der Waals surface area contributed by atoms with Gasteiger partial charge in [-0.2, -0.15) is 0 Å². The van der Waals surface area contributed by atoms with Crippen molar-refractivity contribution >= 4 is 5.78 Å². The van der Waals surface area contributed by atoms with E-state index in [0.29, 0.717) is 18.1 Å². The van der Waals surface area contributed by atoms with Gasteiger partial charge in [0.1, 0.15) is 5.78 Å². The number of hydrogen-bond donors (Lipinski definition) is 0. The molecule has 0 radical (unpaired) electrons. The summed E-state index contributed by atoms with van der Waals surface area (Å²) in [5.74, 6) is 1.39. The zero-order valence-corrected chi connectivity index (χ0v) is 9.15. The molecule has 0 spiro atoms. The molecular weight excluding hydrogens is 186 g/mol. The van der Waals surface area contributed by atoms with Crippen LogP contribution in [0.2, 0.25) is 0 Å². The zero-order chi connectivity index (χ0) is 10.7. The highest BCUT2D eigenvalue weighted by Crippen LogP contribution is 2.31. The van der Waals surface area contributed by atoms with Gasteiger partial charge in [-0.3, -0.25) is 9.78 Å². The van der Waals surface area contributed by atoms with Crippen molar-refractivity contribution in [2.45, 2.75) is 32.6 Å². The number of aromatic nitrogens is 1. The second-order valence-electron chi connectivity index (χ2n) is 4.58. The first-order valence-electron chi connectivity index (χ1n) is 5.68. The number of ketones is 1. The zero-order valence-electron chi connectivity index (χ0n) is 9.15. The molecule has 1 saturated carbocycles. The lowest BCUT2D eigenvalue weighted by atomic mass is 9.97. The van der Waals surface area contributed by atoms with Crippen LogP contribution in [-0.4, -0.2) is 10.8 Å². The van der Waals surface area contributed by atoms with Gasteiger partial charge in [0.2, 0.25) is 0 Å². The van der Waals surface area contributed by atoms with Crippen LogP contribution in [0.25, 0.3) is 0 Å². The maximum Gasteiger partial charge on any atom is 0.141 e. The minimum absolute atomic E-state index is 0.294. The van der Waals surface area contributed by atoms with Gasteiger partial charge in [0.05, 0.1) is 0 Å². The molecule has 2 nitrogen and oxygen atoms in total. The van der Waals surface area contributed by atoms with Crippen molar-refractivity contribution in [3.63, 3.8) is 0 Å². The summed E-state index contributed by atoms with van der Waals surface area (Å²) in [4.78, 5) is 16.1. The fourth-order valence-electron chi connectivity index (χ4n) is 2.33. The molecule has 1 aromatic rings. The van der Waals surface area contributed by atoms with E-state index in [9.17, 15) is 4.79 Å². The number of nitrogens with zero attached hydrogens (tertiary/aromatic N) is 1. The average Bonchev–Trinajstić information content (AvgIpc) is 2.66. The molecule has 1 aliphatic carbocycles. The number of carbonyl (C=O) groups excluding carboxylic acids is 1. The van der Waals surface area contributed by atoms with Crippen molar-refractivity contribution < 1.29 is 4.79 Å². The summed E-state index contributed by atoms with van der Waals surface area (Å²) in [6, 6.07) is 5.74. The van der Waals surface area contributed by atoms with Crippen molar-refractivity contribution in [1.29, 1.82) is 0 Å². The lowest BCUT2D eigenvalue weighted by Gasteiger charge is -2.07. The van der Waals surface area contributed by atoms with Crippen LogP contribution in [0.5, 0.6) is 0 Å². The van der Waals surface area contributed by atoms with E-state index in [0.717, 1.165) is 24.5 Å². The Morgan fingerprint density at radius 2 is 2.33 bits per heavy atom. The highest BCUT2D eigenvalue weighted by molar-refractivity contribution is 5.83. The van der Waals surface area contributed by atoms with Crippen LogP contribution >= 0.6 is 0 Å². The standard InChI is InChI=1S/C13H17NO/c1-10-5-6-11(8-10)13(15)9-12-4-2-3-7-14-12/h2-4,7,10-11H,5-6,8-9H2,1H3. The van der Waals surface area contributed by atoms with Gasteiger partial charge in [-0.15, -0.1) is 0 Å². The third kappa shape index (κ3) is 2.65. The van der Waals surface area contributed by atoms with E-state index in [1.54, 1.807) is 6.20 Å². The van der Waals surface area contributed by atoms with E-state index >= 15 is 0 Å².